The van der Waals surface area contributed by atoms with Crippen LogP contribution in [0.5, 0.6) is 5.75 Å². The van der Waals surface area contributed by atoms with Crippen molar-refractivity contribution in [1.82, 2.24) is 0 Å². The molecule has 4 nitrogen and oxygen atoms in total. The first-order chi connectivity index (χ1) is 8.33. The summed E-state index contributed by atoms with van der Waals surface area (Å²) in [6.07, 6.45) is -5.03. The summed E-state index contributed by atoms with van der Waals surface area (Å²) < 4.78 is 44.7. The second kappa shape index (κ2) is 5.72. The summed E-state index contributed by atoms with van der Waals surface area (Å²) in [5.41, 5.74) is 5.74. The highest BCUT2D eigenvalue weighted by molar-refractivity contribution is 5.70. The molecule has 0 aliphatic carbocycles. The maximum atomic E-state index is 12.2. The molecular weight excluding hydrogens is 251 g/mol. The van der Waals surface area contributed by atoms with Gasteiger partial charge in [-0.2, -0.15) is 0 Å². The molecule has 0 unspecified atom stereocenters. The van der Waals surface area contributed by atoms with E-state index in [1.165, 1.54) is 25.3 Å². The Balaban J connectivity index is 2.91. The Bertz CT molecular complexity index is 420. The predicted molar refractivity (Wildman–Crippen MR) is 56.7 cm³/mol. The molecule has 0 heterocycles. The van der Waals surface area contributed by atoms with Crippen molar-refractivity contribution < 1.29 is 27.4 Å². The summed E-state index contributed by atoms with van der Waals surface area (Å²) in [7, 11) is 1.17. The molecule has 1 aromatic carbocycles. The van der Waals surface area contributed by atoms with Gasteiger partial charge in [-0.3, -0.25) is 4.79 Å². The Labute approximate surface area is 101 Å². The second-order valence-electron chi connectivity index (χ2n) is 3.47. The molecule has 2 N–H and O–H groups in total. The Hall–Kier alpha value is -1.76. The van der Waals surface area contributed by atoms with Crippen LogP contribution in [0.4, 0.5) is 13.2 Å². The maximum Gasteiger partial charge on any atom is 0.573 e. The first kappa shape index (κ1) is 14.3. The van der Waals surface area contributed by atoms with Crippen molar-refractivity contribution >= 4 is 5.97 Å². The number of halogens is 3. The number of rotatable bonds is 4. The molecule has 0 aliphatic rings. The minimum Gasteiger partial charge on any atom is -0.469 e. The third kappa shape index (κ3) is 4.25. The zero-order valence-electron chi connectivity index (χ0n) is 9.53. The van der Waals surface area contributed by atoms with Crippen LogP contribution >= 0.6 is 0 Å². The third-order valence-electron chi connectivity index (χ3n) is 2.16. The highest BCUT2D eigenvalue weighted by atomic mass is 19.4. The maximum absolute atomic E-state index is 12.2. The SMILES string of the molecule is COC(=O)C[C@H](N)c1ccccc1OC(F)(F)F. The quantitative estimate of drug-likeness (QED) is 0.845. The number of methoxy groups -OCH3 is 1. The van der Waals surface area contributed by atoms with Gasteiger partial charge in [0.25, 0.3) is 0 Å². The number of carbonyl (C=O) groups excluding carboxylic acids is 1. The largest absolute Gasteiger partial charge is 0.573 e. The average molecular weight is 263 g/mol. The number of ether oxygens (including phenoxy) is 2. The smallest absolute Gasteiger partial charge is 0.469 e. The van der Waals surface area contributed by atoms with Gasteiger partial charge in [0, 0.05) is 11.6 Å². The normalized spacial score (nSPS) is 12.9. The molecular formula is C11H12F3NO3. The highest BCUT2D eigenvalue weighted by Crippen LogP contribution is 2.30. The standard InChI is InChI=1S/C11H12F3NO3/c1-17-10(16)6-8(15)7-4-2-3-5-9(7)18-11(12,13)14/h2-5,8H,6,15H2,1H3/t8-/m0/s1. The monoisotopic (exact) mass is 263 g/mol. The van der Waals surface area contributed by atoms with Gasteiger partial charge >= 0.3 is 12.3 Å². The van der Waals surface area contributed by atoms with Crippen LogP contribution in [0.3, 0.4) is 0 Å². The van der Waals surface area contributed by atoms with E-state index < -0.39 is 24.1 Å². The molecule has 1 rings (SSSR count). The average Bonchev–Trinajstić information content (AvgIpc) is 2.27. The molecule has 0 saturated carbocycles. The van der Waals surface area contributed by atoms with E-state index in [-0.39, 0.29) is 12.0 Å². The van der Waals surface area contributed by atoms with Gasteiger partial charge in [-0.25, -0.2) is 0 Å². The lowest BCUT2D eigenvalue weighted by molar-refractivity contribution is -0.274. The van der Waals surface area contributed by atoms with Gasteiger partial charge in [0.2, 0.25) is 0 Å². The van der Waals surface area contributed by atoms with E-state index in [0.717, 1.165) is 6.07 Å². The van der Waals surface area contributed by atoms with E-state index in [1.54, 1.807) is 0 Å². The highest BCUT2D eigenvalue weighted by Gasteiger charge is 2.32. The molecule has 1 atom stereocenters. The molecule has 0 bridgehead atoms. The minimum atomic E-state index is -4.80. The van der Waals surface area contributed by atoms with Gasteiger partial charge in [0.1, 0.15) is 5.75 Å². The van der Waals surface area contributed by atoms with Crippen molar-refractivity contribution in [3.05, 3.63) is 29.8 Å². The Morgan fingerprint density at radius 3 is 2.56 bits per heavy atom. The fourth-order valence-electron chi connectivity index (χ4n) is 1.38. The van der Waals surface area contributed by atoms with E-state index in [1.807, 2.05) is 0 Å². The Kier molecular flexibility index (Phi) is 4.55. The van der Waals surface area contributed by atoms with Crippen molar-refractivity contribution in [2.75, 3.05) is 7.11 Å². The molecule has 1 aromatic rings. The lowest BCUT2D eigenvalue weighted by Crippen LogP contribution is -2.21. The van der Waals surface area contributed by atoms with Gasteiger partial charge in [-0.1, -0.05) is 18.2 Å². The summed E-state index contributed by atoms with van der Waals surface area (Å²) >= 11 is 0. The van der Waals surface area contributed by atoms with Crippen LogP contribution < -0.4 is 10.5 Å². The molecule has 0 aromatic heterocycles. The summed E-state index contributed by atoms with van der Waals surface area (Å²) in [6.45, 7) is 0. The topological polar surface area (TPSA) is 61.5 Å². The lowest BCUT2D eigenvalue weighted by atomic mass is 10.0. The van der Waals surface area contributed by atoms with Crippen molar-refractivity contribution in [3.8, 4) is 5.75 Å². The molecule has 0 fully saturated rings. The number of alkyl halides is 3. The number of para-hydroxylation sites is 1. The van der Waals surface area contributed by atoms with Crippen LogP contribution in [0.15, 0.2) is 24.3 Å². The van der Waals surface area contributed by atoms with Gasteiger partial charge in [-0.05, 0) is 6.07 Å². The third-order valence-corrected chi connectivity index (χ3v) is 2.16. The summed E-state index contributed by atoms with van der Waals surface area (Å²) in [5.74, 6) is -1.02. The number of nitrogens with two attached hydrogens (primary N) is 1. The first-order valence-corrected chi connectivity index (χ1v) is 5.00. The summed E-state index contributed by atoms with van der Waals surface area (Å²) in [6, 6.07) is 4.48. The predicted octanol–water partition coefficient (Wildman–Crippen LogP) is 2.15. The minimum absolute atomic E-state index is 0.0974. The fourth-order valence-corrected chi connectivity index (χ4v) is 1.38. The molecule has 0 spiro atoms. The van der Waals surface area contributed by atoms with Gasteiger partial charge < -0.3 is 15.2 Å². The van der Waals surface area contributed by atoms with Crippen molar-refractivity contribution in [3.63, 3.8) is 0 Å². The van der Waals surface area contributed by atoms with Crippen molar-refractivity contribution in [2.45, 2.75) is 18.8 Å². The molecule has 7 heteroatoms. The van der Waals surface area contributed by atoms with Crippen LogP contribution in [-0.4, -0.2) is 19.4 Å². The van der Waals surface area contributed by atoms with Crippen molar-refractivity contribution in [1.29, 1.82) is 0 Å². The number of hydrogen-bond acceptors (Lipinski definition) is 4. The number of carbonyl (C=O) groups is 1. The van der Waals surface area contributed by atoms with E-state index in [2.05, 4.69) is 9.47 Å². The van der Waals surface area contributed by atoms with E-state index >= 15 is 0 Å². The number of benzene rings is 1. The lowest BCUT2D eigenvalue weighted by Gasteiger charge is -2.17. The van der Waals surface area contributed by atoms with Gasteiger partial charge in [0.15, 0.2) is 0 Å². The molecule has 100 valence electrons. The zero-order valence-corrected chi connectivity index (χ0v) is 9.53. The Morgan fingerprint density at radius 1 is 1.39 bits per heavy atom. The van der Waals surface area contributed by atoms with E-state index in [9.17, 15) is 18.0 Å². The van der Waals surface area contributed by atoms with E-state index in [0.29, 0.717) is 0 Å². The van der Waals surface area contributed by atoms with Crippen LogP contribution in [0.25, 0.3) is 0 Å². The van der Waals surface area contributed by atoms with Crippen LogP contribution in [0, 0.1) is 0 Å². The first-order valence-electron chi connectivity index (χ1n) is 5.00. The number of esters is 1. The van der Waals surface area contributed by atoms with E-state index in [4.69, 9.17) is 5.73 Å². The van der Waals surface area contributed by atoms with Crippen LogP contribution in [0.1, 0.15) is 18.0 Å². The molecule has 0 radical (unpaired) electrons. The fraction of sp³-hybridized carbons (Fsp3) is 0.364. The molecule has 18 heavy (non-hydrogen) atoms. The van der Waals surface area contributed by atoms with Crippen LogP contribution in [0.2, 0.25) is 0 Å². The Morgan fingerprint density at radius 2 is 2.00 bits per heavy atom. The molecule has 0 aliphatic heterocycles. The molecule has 0 amide bonds. The summed E-state index contributed by atoms with van der Waals surface area (Å²) in [4.78, 5) is 11.0. The van der Waals surface area contributed by atoms with Crippen molar-refractivity contribution in [2.24, 2.45) is 5.73 Å². The van der Waals surface area contributed by atoms with Gasteiger partial charge in [0.05, 0.1) is 13.5 Å². The second-order valence-corrected chi connectivity index (χ2v) is 3.47. The number of hydrogen-bond donors (Lipinski definition) is 1. The zero-order chi connectivity index (χ0) is 13.8. The molecule has 0 saturated heterocycles. The summed E-state index contributed by atoms with van der Waals surface area (Å²) in [5, 5.41) is 0. The van der Waals surface area contributed by atoms with Crippen LogP contribution in [-0.2, 0) is 9.53 Å². The van der Waals surface area contributed by atoms with Gasteiger partial charge in [-0.15, -0.1) is 13.2 Å².